The molecule has 0 aromatic heterocycles. The minimum absolute atomic E-state index is 0.0854. The Morgan fingerprint density at radius 1 is 1.41 bits per heavy atom. The highest BCUT2D eigenvalue weighted by molar-refractivity contribution is 6.07. The summed E-state index contributed by atoms with van der Waals surface area (Å²) in [4.78, 5) is 27.8. The molecule has 1 heterocycles. The molecule has 0 radical (unpaired) electrons. The Bertz CT molecular complexity index is 528. The molecule has 1 aromatic rings. The van der Waals surface area contributed by atoms with Gasteiger partial charge >= 0.3 is 0 Å². The van der Waals surface area contributed by atoms with Gasteiger partial charge in [0, 0.05) is 12.2 Å². The lowest BCUT2D eigenvalue weighted by Crippen LogP contribution is -2.35. The van der Waals surface area contributed by atoms with Crippen molar-refractivity contribution in [1.29, 1.82) is 0 Å². The summed E-state index contributed by atoms with van der Waals surface area (Å²) in [7, 11) is 0. The predicted molar refractivity (Wildman–Crippen MR) is 65.3 cm³/mol. The lowest BCUT2D eigenvalue weighted by molar-refractivity contribution is -0.122. The summed E-state index contributed by atoms with van der Waals surface area (Å²) in [5.74, 6) is 0.0854. The third kappa shape index (κ3) is 1.58. The van der Waals surface area contributed by atoms with Crippen LogP contribution in [0.3, 0.4) is 0 Å². The Morgan fingerprint density at radius 3 is 2.71 bits per heavy atom. The van der Waals surface area contributed by atoms with Crippen molar-refractivity contribution >= 4 is 23.4 Å². The first-order chi connectivity index (χ1) is 8.02. The minimum atomic E-state index is -0.556. The quantitative estimate of drug-likeness (QED) is 0.578. The van der Waals surface area contributed by atoms with E-state index in [1.807, 2.05) is 26.8 Å². The van der Waals surface area contributed by atoms with Crippen LogP contribution in [-0.2, 0) is 15.0 Å². The van der Waals surface area contributed by atoms with Crippen LogP contribution < -0.4 is 4.90 Å². The number of benzene rings is 1. The van der Waals surface area contributed by atoms with Crippen LogP contribution in [0.2, 0.25) is 0 Å². The SMILES string of the molecule is CCN1C(=O)C(C)(C)c2cc(N=C=O)ccc21. The molecule has 1 aromatic carbocycles. The molecule has 0 N–H and O–H groups in total. The van der Waals surface area contributed by atoms with E-state index in [2.05, 4.69) is 4.99 Å². The van der Waals surface area contributed by atoms with Gasteiger partial charge in [0.15, 0.2) is 0 Å². The smallest absolute Gasteiger partial charge is 0.240 e. The Morgan fingerprint density at radius 2 is 2.12 bits per heavy atom. The standard InChI is InChI=1S/C13H14N2O2/c1-4-15-11-6-5-9(14-8-16)7-10(11)13(2,3)12(15)17/h5-7H,4H2,1-3H3. The van der Waals surface area contributed by atoms with E-state index in [4.69, 9.17) is 0 Å². The molecule has 17 heavy (non-hydrogen) atoms. The highest BCUT2D eigenvalue weighted by Gasteiger charge is 2.43. The molecule has 0 spiro atoms. The van der Waals surface area contributed by atoms with Crippen LogP contribution in [0.1, 0.15) is 26.3 Å². The van der Waals surface area contributed by atoms with Gasteiger partial charge in [-0.3, -0.25) is 4.79 Å². The molecule has 0 aliphatic carbocycles. The molecule has 1 aliphatic rings. The van der Waals surface area contributed by atoms with Crippen LogP contribution in [0.15, 0.2) is 23.2 Å². The first kappa shape index (κ1) is 11.6. The number of rotatable bonds is 2. The molecule has 1 amide bonds. The Kier molecular flexibility index (Phi) is 2.60. The molecule has 0 fully saturated rings. The van der Waals surface area contributed by atoms with E-state index in [9.17, 15) is 9.59 Å². The van der Waals surface area contributed by atoms with Crippen molar-refractivity contribution in [2.45, 2.75) is 26.2 Å². The van der Waals surface area contributed by atoms with Gasteiger partial charge in [0.05, 0.1) is 11.1 Å². The third-order valence-corrected chi connectivity index (χ3v) is 3.22. The fraction of sp³-hybridized carbons (Fsp3) is 0.385. The molecule has 4 heteroatoms. The lowest BCUT2D eigenvalue weighted by atomic mass is 9.86. The van der Waals surface area contributed by atoms with Crippen molar-refractivity contribution in [2.24, 2.45) is 4.99 Å². The Labute approximate surface area is 100.0 Å². The van der Waals surface area contributed by atoms with Gasteiger partial charge in [0.25, 0.3) is 0 Å². The average Bonchev–Trinajstić information content (AvgIpc) is 2.49. The number of carbonyl (C=O) groups excluding carboxylic acids is 2. The zero-order valence-electron chi connectivity index (χ0n) is 10.2. The summed E-state index contributed by atoms with van der Waals surface area (Å²) < 4.78 is 0. The van der Waals surface area contributed by atoms with Gasteiger partial charge < -0.3 is 4.90 Å². The van der Waals surface area contributed by atoms with Crippen molar-refractivity contribution in [3.05, 3.63) is 23.8 Å². The molecule has 0 bridgehead atoms. The maximum atomic E-state index is 12.2. The van der Waals surface area contributed by atoms with E-state index < -0.39 is 5.41 Å². The van der Waals surface area contributed by atoms with Crippen molar-refractivity contribution in [2.75, 3.05) is 11.4 Å². The Hall–Kier alpha value is -1.93. The molecule has 2 rings (SSSR count). The maximum absolute atomic E-state index is 12.2. The van der Waals surface area contributed by atoms with Gasteiger partial charge in [0.2, 0.25) is 12.0 Å². The highest BCUT2D eigenvalue weighted by atomic mass is 16.2. The van der Waals surface area contributed by atoms with Crippen LogP contribution >= 0.6 is 0 Å². The van der Waals surface area contributed by atoms with Crippen LogP contribution in [0.5, 0.6) is 0 Å². The van der Waals surface area contributed by atoms with E-state index in [0.29, 0.717) is 12.2 Å². The molecule has 0 unspecified atom stereocenters. The summed E-state index contributed by atoms with van der Waals surface area (Å²) in [6, 6.07) is 5.34. The van der Waals surface area contributed by atoms with Crippen molar-refractivity contribution in [3.63, 3.8) is 0 Å². The number of aliphatic imine (C=N–C) groups is 1. The van der Waals surface area contributed by atoms with Crippen molar-refractivity contribution in [1.82, 2.24) is 0 Å². The second-order valence-corrected chi connectivity index (χ2v) is 4.58. The molecule has 0 saturated carbocycles. The fourth-order valence-corrected chi connectivity index (χ4v) is 2.26. The summed E-state index contributed by atoms with van der Waals surface area (Å²) >= 11 is 0. The molecule has 88 valence electrons. The minimum Gasteiger partial charge on any atom is -0.312 e. The summed E-state index contributed by atoms with van der Waals surface area (Å²) in [6.45, 7) is 6.36. The number of nitrogens with zero attached hydrogens (tertiary/aromatic N) is 2. The molecular formula is C13H14N2O2. The number of carbonyl (C=O) groups is 1. The number of isocyanates is 1. The number of hydrogen-bond donors (Lipinski definition) is 0. The molecule has 1 aliphatic heterocycles. The summed E-state index contributed by atoms with van der Waals surface area (Å²) in [5, 5.41) is 0. The summed E-state index contributed by atoms with van der Waals surface area (Å²) in [5.41, 5.74) is 1.81. The molecule has 4 nitrogen and oxygen atoms in total. The number of fused-ring (bicyclic) bond motifs is 1. The van der Waals surface area contributed by atoms with Gasteiger partial charge in [-0.15, -0.1) is 0 Å². The van der Waals surface area contributed by atoms with Gasteiger partial charge in [-0.25, -0.2) is 4.79 Å². The van der Waals surface area contributed by atoms with Crippen molar-refractivity contribution in [3.8, 4) is 0 Å². The highest BCUT2D eigenvalue weighted by Crippen LogP contribution is 2.42. The first-order valence-electron chi connectivity index (χ1n) is 5.56. The number of hydrogen-bond acceptors (Lipinski definition) is 3. The fourth-order valence-electron chi connectivity index (χ4n) is 2.26. The van der Waals surface area contributed by atoms with E-state index in [-0.39, 0.29) is 5.91 Å². The van der Waals surface area contributed by atoms with Gasteiger partial charge in [-0.1, -0.05) is 0 Å². The number of anilines is 1. The van der Waals surface area contributed by atoms with Crippen LogP contribution in [0, 0.1) is 0 Å². The predicted octanol–water partition coefficient (Wildman–Crippen LogP) is 2.30. The first-order valence-corrected chi connectivity index (χ1v) is 5.56. The van der Waals surface area contributed by atoms with Gasteiger partial charge in [-0.2, -0.15) is 4.99 Å². The van der Waals surface area contributed by atoms with E-state index in [1.165, 1.54) is 6.08 Å². The topological polar surface area (TPSA) is 49.7 Å². The van der Waals surface area contributed by atoms with Crippen LogP contribution in [0.25, 0.3) is 0 Å². The number of likely N-dealkylation sites (N-methyl/N-ethyl adjacent to an activating group) is 1. The second kappa shape index (κ2) is 3.82. The van der Waals surface area contributed by atoms with Crippen LogP contribution in [-0.4, -0.2) is 18.5 Å². The van der Waals surface area contributed by atoms with Gasteiger partial charge in [-0.05, 0) is 44.5 Å². The summed E-state index contributed by atoms with van der Waals surface area (Å²) in [6.07, 6.45) is 1.52. The molecule has 0 atom stereocenters. The monoisotopic (exact) mass is 230 g/mol. The van der Waals surface area contributed by atoms with E-state index in [1.54, 1.807) is 17.0 Å². The molecular weight excluding hydrogens is 216 g/mol. The van der Waals surface area contributed by atoms with Gasteiger partial charge in [0.1, 0.15) is 0 Å². The molecule has 0 saturated heterocycles. The second-order valence-electron chi connectivity index (χ2n) is 4.58. The third-order valence-electron chi connectivity index (χ3n) is 3.22. The normalized spacial score (nSPS) is 16.6. The Balaban J connectivity index is 2.63. The zero-order valence-corrected chi connectivity index (χ0v) is 10.2. The lowest BCUT2D eigenvalue weighted by Gasteiger charge is -2.18. The largest absolute Gasteiger partial charge is 0.312 e. The van der Waals surface area contributed by atoms with E-state index in [0.717, 1.165) is 11.3 Å². The number of amides is 1. The zero-order chi connectivity index (χ0) is 12.6. The van der Waals surface area contributed by atoms with E-state index >= 15 is 0 Å². The van der Waals surface area contributed by atoms with Crippen LogP contribution in [0.4, 0.5) is 11.4 Å². The van der Waals surface area contributed by atoms with Crippen molar-refractivity contribution < 1.29 is 9.59 Å². The average molecular weight is 230 g/mol. The maximum Gasteiger partial charge on any atom is 0.240 e.